The van der Waals surface area contributed by atoms with E-state index in [2.05, 4.69) is 41.1 Å². The predicted octanol–water partition coefficient (Wildman–Crippen LogP) is 6.08. The molecular formula is C27H46N2O2. The van der Waals surface area contributed by atoms with Gasteiger partial charge in [0.2, 0.25) is 5.91 Å². The molecule has 1 aliphatic rings. The zero-order valence-corrected chi connectivity index (χ0v) is 20.2. The van der Waals surface area contributed by atoms with Gasteiger partial charge in [-0.1, -0.05) is 76.3 Å². The molecule has 4 nitrogen and oxygen atoms in total. The molecule has 4 heteroatoms. The van der Waals surface area contributed by atoms with E-state index in [9.17, 15) is 4.79 Å². The first-order chi connectivity index (χ1) is 15.2. The molecular weight excluding hydrogens is 384 g/mol. The lowest BCUT2D eigenvalue weighted by Gasteiger charge is -2.32. The van der Waals surface area contributed by atoms with Crippen molar-refractivity contribution in [3.05, 3.63) is 29.8 Å². The van der Waals surface area contributed by atoms with Crippen molar-refractivity contribution in [3.63, 3.8) is 0 Å². The molecule has 0 radical (unpaired) electrons. The van der Waals surface area contributed by atoms with E-state index in [1.54, 1.807) is 7.11 Å². The van der Waals surface area contributed by atoms with Crippen LogP contribution in [0.1, 0.15) is 89.0 Å². The van der Waals surface area contributed by atoms with Crippen molar-refractivity contribution in [1.82, 2.24) is 9.80 Å². The normalized spacial score (nSPS) is 14.7. The molecule has 0 N–H and O–H groups in total. The van der Waals surface area contributed by atoms with Gasteiger partial charge in [0.25, 0.3) is 0 Å². The van der Waals surface area contributed by atoms with E-state index in [0.29, 0.717) is 5.91 Å². The first-order valence-corrected chi connectivity index (χ1v) is 12.8. The van der Waals surface area contributed by atoms with E-state index in [0.717, 1.165) is 44.8 Å². The van der Waals surface area contributed by atoms with Crippen molar-refractivity contribution in [2.75, 3.05) is 40.3 Å². The molecule has 1 aliphatic heterocycles. The van der Waals surface area contributed by atoms with Gasteiger partial charge in [0.1, 0.15) is 5.75 Å². The van der Waals surface area contributed by atoms with Gasteiger partial charge in [-0.15, -0.1) is 0 Å². The Bertz CT molecular complexity index is 579. The summed E-state index contributed by atoms with van der Waals surface area (Å²) in [6.45, 7) is 3.88. The van der Waals surface area contributed by atoms with Crippen LogP contribution in [0.25, 0.3) is 0 Å². The molecule has 1 saturated heterocycles. The quantitative estimate of drug-likeness (QED) is 0.298. The number of amides is 1. The highest BCUT2D eigenvalue weighted by molar-refractivity contribution is 5.76. The van der Waals surface area contributed by atoms with Crippen LogP contribution < -0.4 is 4.74 Å². The van der Waals surface area contributed by atoms with Gasteiger partial charge in [0.15, 0.2) is 0 Å². The van der Waals surface area contributed by atoms with Crippen LogP contribution in [0.3, 0.4) is 0 Å². The Labute approximate surface area is 191 Å². The summed E-state index contributed by atoms with van der Waals surface area (Å²) in [4.78, 5) is 16.6. The Hall–Kier alpha value is -1.55. The van der Waals surface area contributed by atoms with Crippen LogP contribution in [0.15, 0.2) is 24.3 Å². The fourth-order valence-corrected chi connectivity index (χ4v) is 4.38. The highest BCUT2D eigenvalue weighted by atomic mass is 16.5. The van der Waals surface area contributed by atoms with Crippen molar-refractivity contribution in [3.8, 4) is 5.75 Å². The van der Waals surface area contributed by atoms with Crippen molar-refractivity contribution >= 4 is 5.91 Å². The number of piperazine rings is 1. The van der Waals surface area contributed by atoms with Crippen LogP contribution in [0.4, 0.5) is 0 Å². The fraction of sp³-hybridized carbons (Fsp3) is 0.741. The minimum absolute atomic E-state index is 0.372. The van der Waals surface area contributed by atoms with Crippen molar-refractivity contribution in [2.45, 2.75) is 89.9 Å². The molecule has 0 atom stereocenters. The van der Waals surface area contributed by atoms with Gasteiger partial charge in [-0.05, 0) is 44.0 Å². The number of hydrogen-bond acceptors (Lipinski definition) is 3. The second-order valence-electron chi connectivity index (χ2n) is 9.27. The molecule has 1 aromatic carbocycles. The number of likely N-dealkylation sites (N-methyl/N-ethyl adjacent to an activating group) is 1. The largest absolute Gasteiger partial charge is 0.497 e. The van der Waals surface area contributed by atoms with Gasteiger partial charge < -0.3 is 14.5 Å². The molecule has 1 amide bonds. The van der Waals surface area contributed by atoms with E-state index in [-0.39, 0.29) is 0 Å². The van der Waals surface area contributed by atoms with E-state index in [1.807, 2.05) is 0 Å². The highest BCUT2D eigenvalue weighted by Gasteiger charge is 2.18. The maximum absolute atomic E-state index is 12.2. The summed E-state index contributed by atoms with van der Waals surface area (Å²) in [5.74, 6) is 1.32. The van der Waals surface area contributed by atoms with E-state index < -0.39 is 0 Å². The molecule has 0 unspecified atom stereocenters. The lowest BCUT2D eigenvalue weighted by Crippen LogP contribution is -2.47. The average Bonchev–Trinajstić information content (AvgIpc) is 2.80. The molecule has 1 aromatic rings. The fourth-order valence-electron chi connectivity index (χ4n) is 4.38. The van der Waals surface area contributed by atoms with Crippen LogP contribution in [-0.4, -0.2) is 56.0 Å². The minimum atomic E-state index is 0.372. The van der Waals surface area contributed by atoms with Gasteiger partial charge >= 0.3 is 0 Å². The lowest BCUT2D eigenvalue weighted by molar-refractivity contribution is -0.132. The third-order valence-electron chi connectivity index (χ3n) is 6.62. The Morgan fingerprint density at radius 3 is 1.74 bits per heavy atom. The Kier molecular flexibility index (Phi) is 13.4. The topological polar surface area (TPSA) is 32.8 Å². The van der Waals surface area contributed by atoms with Gasteiger partial charge in [-0.25, -0.2) is 0 Å². The Morgan fingerprint density at radius 2 is 1.23 bits per heavy atom. The Morgan fingerprint density at radius 1 is 0.742 bits per heavy atom. The van der Waals surface area contributed by atoms with Crippen LogP contribution in [0, 0.1) is 0 Å². The van der Waals surface area contributed by atoms with Gasteiger partial charge in [-0.3, -0.25) is 4.79 Å². The standard InChI is InChI=1S/C27H46N2O2/c1-28-21-23-29(24-22-28)27(30)16-14-12-10-8-6-4-3-5-7-9-11-13-15-25-17-19-26(31-2)20-18-25/h17-20H,3-16,21-24H2,1-2H3. The second kappa shape index (κ2) is 16.1. The third kappa shape index (κ3) is 11.6. The van der Waals surface area contributed by atoms with Crippen LogP contribution in [0.5, 0.6) is 5.75 Å². The SMILES string of the molecule is COc1ccc(CCCCCCCCCCCCCCC(=O)N2CCN(C)CC2)cc1. The van der Waals surface area contributed by atoms with Gasteiger partial charge in [0, 0.05) is 32.6 Å². The molecule has 1 fully saturated rings. The van der Waals surface area contributed by atoms with Crippen LogP contribution in [0.2, 0.25) is 0 Å². The number of unbranched alkanes of at least 4 members (excludes halogenated alkanes) is 11. The summed E-state index contributed by atoms with van der Waals surface area (Å²) in [6, 6.07) is 8.49. The van der Waals surface area contributed by atoms with E-state index in [4.69, 9.17) is 4.74 Å². The smallest absolute Gasteiger partial charge is 0.222 e. The summed E-state index contributed by atoms with van der Waals surface area (Å²) in [7, 11) is 3.85. The number of benzene rings is 1. The Balaban J connectivity index is 1.30. The van der Waals surface area contributed by atoms with E-state index in [1.165, 1.54) is 82.6 Å². The molecule has 31 heavy (non-hydrogen) atoms. The number of ether oxygens (including phenoxy) is 1. The van der Waals surface area contributed by atoms with Gasteiger partial charge in [-0.2, -0.15) is 0 Å². The number of carbonyl (C=O) groups excluding carboxylic acids is 1. The number of carbonyl (C=O) groups is 1. The number of rotatable bonds is 16. The van der Waals surface area contributed by atoms with Crippen molar-refractivity contribution < 1.29 is 9.53 Å². The number of nitrogens with zero attached hydrogens (tertiary/aromatic N) is 2. The minimum Gasteiger partial charge on any atom is -0.497 e. The number of hydrogen-bond donors (Lipinski definition) is 0. The second-order valence-corrected chi connectivity index (χ2v) is 9.27. The maximum atomic E-state index is 12.2. The first-order valence-electron chi connectivity index (χ1n) is 12.8. The summed E-state index contributed by atoms with van der Waals surface area (Å²) in [5.41, 5.74) is 1.42. The maximum Gasteiger partial charge on any atom is 0.222 e. The van der Waals surface area contributed by atoms with Crippen LogP contribution >= 0.6 is 0 Å². The predicted molar refractivity (Wildman–Crippen MR) is 131 cm³/mol. The first kappa shape index (κ1) is 25.7. The van der Waals surface area contributed by atoms with Crippen LogP contribution in [-0.2, 0) is 11.2 Å². The monoisotopic (exact) mass is 430 g/mol. The highest BCUT2D eigenvalue weighted by Crippen LogP contribution is 2.16. The molecule has 2 rings (SSSR count). The zero-order valence-electron chi connectivity index (χ0n) is 20.2. The molecule has 0 aliphatic carbocycles. The third-order valence-corrected chi connectivity index (χ3v) is 6.62. The number of aryl methyl sites for hydroxylation is 1. The van der Waals surface area contributed by atoms with Crippen molar-refractivity contribution in [1.29, 1.82) is 0 Å². The molecule has 1 heterocycles. The average molecular weight is 431 g/mol. The summed E-state index contributed by atoms with van der Waals surface area (Å²) >= 11 is 0. The number of methoxy groups -OCH3 is 1. The molecule has 0 spiro atoms. The van der Waals surface area contributed by atoms with Gasteiger partial charge in [0.05, 0.1) is 7.11 Å². The summed E-state index contributed by atoms with van der Waals surface area (Å²) in [6.07, 6.45) is 17.8. The lowest BCUT2D eigenvalue weighted by atomic mass is 10.0. The summed E-state index contributed by atoms with van der Waals surface area (Å²) in [5, 5.41) is 0. The molecule has 0 saturated carbocycles. The molecule has 176 valence electrons. The summed E-state index contributed by atoms with van der Waals surface area (Å²) < 4.78 is 5.21. The molecule has 0 bridgehead atoms. The molecule has 0 aromatic heterocycles. The van der Waals surface area contributed by atoms with Crippen molar-refractivity contribution in [2.24, 2.45) is 0 Å². The van der Waals surface area contributed by atoms with E-state index >= 15 is 0 Å². The zero-order chi connectivity index (χ0) is 22.2.